The molecule has 0 aliphatic rings. The SMILES string of the molecule is CSc1ccc(NC(=O)N(CC(=O)Nc2cc(C(C)(C)C)nn2-c2ccccc2)C(C)C)cc1. The third kappa shape index (κ3) is 6.41. The summed E-state index contributed by atoms with van der Waals surface area (Å²) in [5, 5.41) is 10.6. The fraction of sp³-hybridized carbons (Fsp3) is 0.346. The molecule has 0 aliphatic heterocycles. The molecule has 0 spiro atoms. The lowest BCUT2D eigenvalue weighted by Gasteiger charge is -2.26. The van der Waals surface area contributed by atoms with Gasteiger partial charge in [-0.1, -0.05) is 39.0 Å². The summed E-state index contributed by atoms with van der Waals surface area (Å²) in [6.07, 6.45) is 2.00. The summed E-state index contributed by atoms with van der Waals surface area (Å²) in [5.41, 5.74) is 2.21. The van der Waals surface area contributed by atoms with Gasteiger partial charge in [0.25, 0.3) is 0 Å². The predicted molar refractivity (Wildman–Crippen MR) is 140 cm³/mol. The Kier molecular flexibility index (Phi) is 8.04. The number of amides is 3. The predicted octanol–water partition coefficient (Wildman–Crippen LogP) is 5.77. The van der Waals surface area contributed by atoms with E-state index in [9.17, 15) is 9.59 Å². The molecule has 180 valence electrons. The van der Waals surface area contributed by atoms with Gasteiger partial charge in [0.1, 0.15) is 12.4 Å². The summed E-state index contributed by atoms with van der Waals surface area (Å²) in [6, 6.07) is 18.7. The Morgan fingerprint density at radius 1 is 1.03 bits per heavy atom. The van der Waals surface area contributed by atoms with Crippen molar-refractivity contribution in [3.8, 4) is 5.69 Å². The second kappa shape index (κ2) is 10.8. The minimum atomic E-state index is -0.325. The van der Waals surface area contributed by atoms with Gasteiger partial charge >= 0.3 is 6.03 Å². The molecule has 2 N–H and O–H groups in total. The number of carbonyl (C=O) groups is 2. The number of aromatic nitrogens is 2. The van der Waals surface area contributed by atoms with E-state index in [0.29, 0.717) is 11.5 Å². The highest BCUT2D eigenvalue weighted by Crippen LogP contribution is 2.26. The Hall–Kier alpha value is -3.26. The number of nitrogens with one attached hydrogen (secondary N) is 2. The quantitative estimate of drug-likeness (QED) is 0.422. The third-order valence-corrected chi connectivity index (χ3v) is 6.03. The van der Waals surface area contributed by atoms with Crippen LogP contribution < -0.4 is 10.6 Å². The van der Waals surface area contributed by atoms with Crippen molar-refractivity contribution in [2.24, 2.45) is 0 Å². The normalized spacial score (nSPS) is 11.4. The number of nitrogens with zero attached hydrogens (tertiary/aromatic N) is 3. The van der Waals surface area contributed by atoms with Crippen LogP contribution in [0, 0.1) is 0 Å². The topological polar surface area (TPSA) is 79.3 Å². The molecule has 0 bridgehead atoms. The molecular formula is C26H33N5O2S. The molecular weight excluding hydrogens is 446 g/mol. The summed E-state index contributed by atoms with van der Waals surface area (Å²) in [6.45, 7) is 9.91. The molecule has 7 nitrogen and oxygen atoms in total. The van der Waals surface area contributed by atoms with Crippen molar-refractivity contribution in [1.82, 2.24) is 14.7 Å². The Morgan fingerprint density at radius 3 is 2.24 bits per heavy atom. The first-order valence-corrected chi connectivity index (χ1v) is 12.5. The van der Waals surface area contributed by atoms with Crippen molar-refractivity contribution < 1.29 is 9.59 Å². The van der Waals surface area contributed by atoms with Crippen LogP contribution in [0.15, 0.2) is 65.6 Å². The first kappa shape index (κ1) is 25.4. The van der Waals surface area contributed by atoms with Crippen LogP contribution in [-0.2, 0) is 10.2 Å². The van der Waals surface area contributed by atoms with Crippen LogP contribution in [0.4, 0.5) is 16.3 Å². The van der Waals surface area contributed by atoms with E-state index in [2.05, 4.69) is 31.4 Å². The number of carbonyl (C=O) groups excluding carboxylic acids is 2. The number of anilines is 2. The fourth-order valence-corrected chi connectivity index (χ4v) is 3.71. The molecule has 0 atom stereocenters. The summed E-state index contributed by atoms with van der Waals surface area (Å²) >= 11 is 1.64. The van der Waals surface area contributed by atoms with E-state index in [1.807, 2.05) is 80.8 Å². The van der Waals surface area contributed by atoms with Crippen LogP contribution in [0.1, 0.15) is 40.3 Å². The van der Waals surface area contributed by atoms with E-state index in [1.165, 1.54) is 4.90 Å². The average molecular weight is 480 g/mol. The maximum Gasteiger partial charge on any atom is 0.322 e. The van der Waals surface area contributed by atoms with Crippen molar-refractivity contribution in [2.45, 2.75) is 51.0 Å². The van der Waals surface area contributed by atoms with Crippen molar-refractivity contribution in [2.75, 3.05) is 23.4 Å². The Bertz CT molecular complexity index is 1120. The van der Waals surface area contributed by atoms with E-state index >= 15 is 0 Å². The first-order chi connectivity index (χ1) is 16.1. The van der Waals surface area contributed by atoms with Crippen molar-refractivity contribution in [3.63, 3.8) is 0 Å². The monoisotopic (exact) mass is 479 g/mol. The number of para-hydroxylation sites is 1. The molecule has 0 saturated carbocycles. The average Bonchev–Trinajstić information content (AvgIpc) is 3.22. The summed E-state index contributed by atoms with van der Waals surface area (Å²) in [5.74, 6) is 0.275. The molecule has 0 fully saturated rings. The van der Waals surface area contributed by atoms with Gasteiger partial charge in [0.15, 0.2) is 0 Å². The van der Waals surface area contributed by atoms with Gasteiger partial charge in [0.2, 0.25) is 5.91 Å². The number of hydrogen-bond acceptors (Lipinski definition) is 4. The zero-order valence-corrected chi connectivity index (χ0v) is 21.4. The lowest BCUT2D eigenvalue weighted by molar-refractivity contribution is -0.117. The first-order valence-electron chi connectivity index (χ1n) is 11.3. The lowest BCUT2D eigenvalue weighted by atomic mass is 9.92. The molecule has 3 rings (SSSR count). The number of thioether (sulfide) groups is 1. The summed E-state index contributed by atoms with van der Waals surface area (Å²) in [7, 11) is 0. The van der Waals surface area contributed by atoms with E-state index in [4.69, 9.17) is 5.10 Å². The molecule has 0 radical (unpaired) electrons. The smallest absolute Gasteiger partial charge is 0.313 e. The molecule has 3 aromatic rings. The van der Waals surface area contributed by atoms with Gasteiger partial charge in [-0.3, -0.25) is 4.79 Å². The number of rotatable bonds is 7. The molecule has 1 aromatic heterocycles. The minimum absolute atomic E-state index is 0.0861. The van der Waals surface area contributed by atoms with Gasteiger partial charge in [-0.2, -0.15) is 5.10 Å². The zero-order chi connectivity index (χ0) is 24.9. The fourth-order valence-electron chi connectivity index (χ4n) is 3.30. The zero-order valence-electron chi connectivity index (χ0n) is 20.6. The highest BCUT2D eigenvalue weighted by Gasteiger charge is 2.24. The molecule has 1 heterocycles. The van der Waals surface area contributed by atoms with Gasteiger partial charge in [-0.05, 0) is 56.5 Å². The minimum Gasteiger partial charge on any atom is -0.313 e. The van der Waals surface area contributed by atoms with Crippen LogP contribution in [0.3, 0.4) is 0 Å². The standard InChI is InChI=1S/C26H33N5O2S/c1-18(2)30(25(33)27-19-12-14-21(34-6)15-13-19)17-24(32)28-23-16-22(26(3,4)5)29-31(23)20-10-8-7-9-11-20/h7-16,18H,17H2,1-6H3,(H,27,33)(H,28,32). The van der Waals surface area contributed by atoms with Gasteiger partial charge < -0.3 is 15.5 Å². The van der Waals surface area contributed by atoms with Gasteiger partial charge in [-0.25, -0.2) is 9.48 Å². The molecule has 0 unspecified atom stereocenters. The van der Waals surface area contributed by atoms with Crippen LogP contribution in [0.2, 0.25) is 0 Å². The molecule has 8 heteroatoms. The van der Waals surface area contributed by atoms with Crippen LogP contribution in [0.5, 0.6) is 0 Å². The number of benzene rings is 2. The van der Waals surface area contributed by atoms with E-state index in [-0.39, 0.29) is 29.9 Å². The third-order valence-electron chi connectivity index (χ3n) is 5.29. The second-order valence-corrected chi connectivity index (χ2v) is 10.2. The maximum absolute atomic E-state index is 13.0. The Morgan fingerprint density at radius 2 is 1.68 bits per heavy atom. The van der Waals surface area contributed by atoms with E-state index in [0.717, 1.165) is 16.3 Å². The van der Waals surface area contributed by atoms with Crippen LogP contribution in [-0.4, -0.2) is 45.5 Å². The Labute approximate surface area is 205 Å². The Balaban J connectivity index is 1.77. The van der Waals surface area contributed by atoms with Crippen LogP contribution >= 0.6 is 11.8 Å². The molecule has 2 aromatic carbocycles. The molecule has 0 aliphatic carbocycles. The van der Waals surface area contributed by atoms with Gasteiger partial charge in [0.05, 0.1) is 11.4 Å². The largest absolute Gasteiger partial charge is 0.322 e. The lowest BCUT2D eigenvalue weighted by Crippen LogP contribution is -2.44. The molecule has 0 saturated heterocycles. The van der Waals surface area contributed by atoms with E-state index in [1.54, 1.807) is 16.4 Å². The highest BCUT2D eigenvalue weighted by molar-refractivity contribution is 7.98. The number of hydrogen-bond donors (Lipinski definition) is 2. The van der Waals surface area contributed by atoms with Crippen molar-refractivity contribution in [1.29, 1.82) is 0 Å². The van der Waals surface area contributed by atoms with Crippen molar-refractivity contribution >= 4 is 35.2 Å². The molecule has 3 amide bonds. The second-order valence-electron chi connectivity index (χ2n) is 9.34. The van der Waals surface area contributed by atoms with Crippen molar-refractivity contribution in [3.05, 3.63) is 66.4 Å². The summed E-state index contributed by atoms with van der Waals surface area (Å²) in [4.78, 5) is 28.6. The number of urea groups is 1. The van der Waals surface area contributed by atoms with Gasteiger partial charge in [0, 0.05) is 28.1 Å². The maximum atomic E-state index is 13.0. The van der Waals surface area contributed by atoms with Gasteiger partial charge in [-0.15, -0.1) is 11.8 Å². The van der Waals surface area contributed by atoms with Crippen LogP contribution in [0.25, 0.3) is 5.69 Å². The summed E-state index contributed by atoms with van der Waals surface area (Å²) < 4.78 is 1.73. The molecule has 34 heavy (non-hydrogen) atoms. The highest BCUT2D eigenvalue weighted by atomic mass is 32.2. The van der Waals surface area contributed by atoms with E-state index < -0.39 is 0 Å².